The quantitative estimate of drug-likeness (QED) is 0.526. The van der Waals surface area contributed by atoms with Crippen LogP contribution < -0.4 is 0 Å². The van der Waals surface area contributed by atoms with E-state index in [9.17, 15) is 4.79 Å². The molecule has 0 spiro atoms. The van der Waals surface area contributed by atoms with Gasteiger partial charge in [-0.15, -0.1) is 0 Å². The highest BCUT2D eigenvalue weighted by molar-refractivity contribution is 5.66. The van der Waals surface area contributed by atoms with Gasteiger partial charge in [0.05, 0.1) is 0 Å². The van der Waals surface area contributed by atoms with E-state index in [1.165, 1.54) is 6.92 Å². The summed E-state index contributed by atoms with van der Waals surface area (Å²) in [4.78, 5) is 10.5. The van der Waals surface area contributed by atoms with Crippen molar-refractivity contribution >= 4 is 5.97 Å². The second-order valence-corrected chi connectivity index (χ2v) is 3.62. The van der Waals surface area contributed by atoms with E-state index in [0.29, 0.717) is 0 Å². The minimum absolute atomic E-state index is 0.00926. The van der Waals surface area contributed by atoms with Gasteiger partial charge in [0.15, 0.2) is 0 Å². The number of ether oxygens (including phenoxy) is 1. The fourth-order valence-electron chi connectivity index (χ4n) is 0.426. The first kappa shape index (κ1) is 9.47. The van der Waals surface area contributed by atoms with Crippen molar-refractivity contribution in [3.05, 3.63) is 0 Å². The van der Waals surface area contributed by atoms with Crippen molar-refractivity contribution in [2.45, 2.75) is 40.7 Å². The lowest BCUT2D eigenvalue weighted by Crippen LogP contribution is -2.27. The maximum atomic E-state index is 10.5. The van der Waals surface area contributed by atoms with Crippen molar-refractivity contribution in [3.8, 4) is 0 Å². The Morgan fingerprint density at radius 1 is 1.40 bits per heavy atom. The van der Waals surface area contributed by atoms with Gasteiger partial charge in [0.25, 0.3) is 0 Å². The Balaban J connectivity index is 3.85. The highest BCUT2D eigenvalue weighted by atomic mass is 16.5. The van der Waals surface area contributed by atoms with Crippen LogP contribution in [0.25, 0.3) is 0 Å². The molecular formula is C8H16O2. The van der Waals surface area contributed by atoms with Crippen LogP contribution in [0.1, 0.15) is 34.6 Å². The lowest BCUT2D eigenvalue weighted by atomic mass is 9.90. The number of esters is 1. The second kappa shape index (κ2) is 3.04. The van der Waals surface area contributed by atoms with Gasteiger partial charge in [-0.3, -0.25) is 4.79 Å². The van der Waals surface area contributed by atoms with Gasteiger partial charge in [-0.25, -0.2) is 0 Å². The molecule has 0 aromatic heterocycles. The van der Waals surface area contributed by atoms with Crippen molar-refractivity contribution in [2.24, 2.45) is 5.41 Å². The molecule has 1 atom stereocenters. The average molecular weight is 144 g/mol. The summed E-state index contributed by atoms with van der Waals surface area (Å²) in [5, 5.41) is 0. The van der Waals surface area contributed by atoms with Crippen LogP contribution in [0.4, 0.5) is 0 Å². The van der Waals surface area contributed by atoms with Gasteiger partial charge < -0.3 is 4.74 Å². The van der Waals surface area contributed by atoms with Gasteiger partial charge in [0, 0.05) is 6.92 Å². The Hall–Kier alpha value is -0.530. The van der Waals surface area contributed by atoms with Crippen LogP contribution in [0, 0.1) is 5.41 Å². The Morgan fingerprint density at radius 2 is 1.80 bits per heavy atom. The highest BCUT2D eigenvalue weighted by Gasteiger charge is 2.22. The van der Waals surface area contributed by atoms with Crippen molar-refractivity contribution in [3.63, 3.8) is 0 Å². The molecule has 0 radical (unpaired) electrons. The molecule has 0 aromatic rings. The van der Waals surface area contributed by atoms with Crippen LogP contribution in [0.15, 0.2) is 0 Å². The van der Waals surface area contributed by atoms with Gasteiger partial charge in [-0.2, -0.15) is 0 Å². The molecule has 0 rings (SSSR count). The third kappa shape index (κ3) is 3.49. The van der Waals surface area contributed by atoms with Crippen LogP contribution in [0.3, 0.4) is 0 Å². The van der Waals surface area contributed by atoms with Crippen molar-refractivity contribution in [2.75, 3.05) is 0 Å². The number of carbonyl (C=O) groups excluding carboxylic acids is 1. The molecule has 2 nitrogen and oxygen atoms in total. The molecule has 0 aliphatic rings. The van der Waals surface area contributed by atoms with Gasteiger partial charge in [0.2, 0.25) is 0 Å². The summed E-state index contributed by atoms with van der Waals surface area (Å²) in [6, 6.07) is 0. The first-order valence-electron chi connectivity index (χ1n) is 3.51. The van der Waals surface area contributed by atoms with E-state index in [1.807, 2.05) is 27.7 Å². The zero-order chi connectivity index (χ0) is 8.36. The second-order valence-electron chi connectivity index (χ2n) is 3.62. The molecule has 0 heterocycles. The third-order valence-corrected chi connectivity index (χ3v) is 1.56. The lowest BCUT2D eigenvalue weighted by Gasteiger charge is -2.26. The summed E-state index contributed by atoms with van der Waals surface area (Å²) in [5.41, 5.74) is 0.0473. The molecule has 0 amide bonds. The van der Waals surface area contributed by atoms with Crippen LogP contribution >= 0.6 is 0 Å². The molecule has 60 valence electrons. The molecule has 0 aromatic carbocycles. The summed E-state index contributed by atoms with van der Waals surface area (Å²) < 4.78 is 4.98. The summed E-state index contributed by atoms with van der Waals surface area (Å²) in [5.74, 6) is -0.206. The Morgan fingerprint density at radius 3 is 1.90 bits per heavy atom. The molecule has 0 saturated carbocycles. The normalized spacial score (nSPS) is 14.5. The molecule has 0 fully saturated rings. The van der Waals surface area contributed by atoms with Gasteiger partial charge in [-0.05, 0) is 12.3 Å². The standard InChI is InChI=1S/C8H16O2/c1-6(8(3,4)5)10-7(2)9/h6H,1-5H3. The topological polar surface area (TPSA) is 26.3 Å². The third-order valence-electron chi connectivity index (χ3n) is 1.56. The van der Waals surface area contributed by atoms with Gasteiger partial charge in [-0.1, -0.05) is 20.8 Å². The lowest BCUT2D eigenvalue weighted by molar-refractivity contribution is -0.150. The number of carbonyl (C=O) groups is 1. The van der Waals surface area contributed by atoms with Crippen LogP contribution in [0.2, 0.25) is 0 Å². The average Bonchev–Trinajstić information content (AvgIpc) is 1.60. The molecule has 0 aliphatic carbocycles. The molecule has 0 aliphatic heterocycles. The Bertz CT molecular complexity index is 122. The highest BCUT2D eigenvalue weighted by Crippen LogP contribution is 2.21. The number of hydrogen-bond donors (Lipinski definition) is 0. The summed E-state index contributed by atoms with van der Waals surface area (Å²) in [6.45, 7) is 9.46. The van der Waals surface area contributed by atoms with Gasteiger partial charge in [0.1, 0.15) is 6.10 Å². The van der Waals surface area contributed by atoms with E-state index in [2.05, 4.69) is 0 Å². The molecule has 0 bridgehead atoms. The van der Waals surface area contributed by atoms with E-state index in [0.717, 1.165) is 0 Å². The van der Waals surface area contributed by atoms with E-state index >= 15 is 0 Å². The molecule has 0 saturated heterocycles. The zero-order valence-corrected chi connectivity index (χ0v) is 7.39. The fourth-order valence-corrected chi connectivity index (χ4v) is 0.426. The summed E-state index contributed by atoms with van der Waals surface area (Å²) >= 11 is 0. The first-order chi connectivity index (χ1) is 4.34. The van der Waals surface area contributed by atoms with Gasteiger partial charge >= 0.3 is 5.97 Å². The molecule has 1 unspecified atom stereocenters. The first-order valence-corrected chi connectivity index (χ1v) is 3.51. The zero-order valence-electron chi connectivity index (χ0n) is 7.39. The van der Waals surface area contributed by atoms with Crippen LogP contribution in [-0.4, -0.2) is 12.1 Å². The van der Waals surface area contributed by atoms with E-state index in [1.54, 1.807) is 0 Å². The Kier molecular flexibility index (Phi) is 2.88. The fraction of sp³-hybridized carbons (Fsp3) is 0.875. The largest absolute Gasteiger partial charge is 0.462 e. The van der Waals surface area contributed by atoms with Crippen LogP contribution in [0.5, 0.6) is 0 Å². The van der Waals surface area contributed by atoms with Crippen LogP contribution in [-0.2, 0) is 9.53 Å². The summed E-state index contributed by atoms with van der Waals surface area (Å²) in [7, 11) is 0. The predicted molar refractivity (Wildman–Crippen MR) is 40.7 cm³/mol. The van der Waals surface area contributed by atoms with Crippen molar-refractivity contribution in [1.29, 1.82) is 0 Å². The van der Waals surface area contributed by atoms with Crippen molar-refractivity contribution < 1.29 is 9.53 Å². The van der Waals surface area contributed by atoms with Crippen molar-refractivity contribution in [1.82, 2.24) is 0 Å². The number of hydrogen-bond acceptors (Lipinski definition) is 2. The Labute approximate surface area is 62.6 Å². The molecule has 0 N–H and O–H groups in total. The van der Waals surface area contributed by atoms with E-state index in [-0.39, 0.29) is 17.5 Å². The maximum absolute atomic E-state index is 10.5. The molecule has 10 heavy (non-hydrogen) atoms. The maximum Gasteiger partial charge on any atom is 0.302 e. The predicted octanol–water partition coefficient (Wildman–Crippen LogP) is 1.98. The van der Waals surface area contributed by atoms with E-state index < -0.39 is 0 Å². The summed E-state index contributed by atoms with van der Waals surface area (Å²) in [6.07, 6.45) is -0.00926. The monoisotopic (exact) mass is 144 g/mol. The smallest absolute Gasteiger partial charge is 0.302 e. The van der Waals surface area contributed by atoms with E-state index in [4.69, 9.17) is 4.74 Å². The molecular weight excluding hydrogens is 128 g/mol. The number of rotatable bonds is 1. The SMILES string of the molecule is CC(=O)OC(C)C(C)(C)C. The minimum atomic E-state index is -0.206. The minimum Gasteiger partial charge on any atom is -0.462 e. The molecule has 2 heteroatoms.